The molecular weight excluding hydrogens is 651 g/mol. The SMILES string of the molecule is CCCCc1cc(CCCC)cc(C2=C(C)C(C)=C(C)[C]2([Ti+3])C[SiH](c2cc(C)cc(C)c2)c2cc(C)cc(C)c2)c1.[Cl-].[Cl-].[Cl-]. The van der Waals surface area contributed by atoms with E-state index >= 15 is 0 Å². The van der Waals surface area contributed by atoms with E-state index in [0.29, 0.717) is 0 Å². The standard InChI is InChI=1S/C39H51Si.3ClH.Ti/c1-10-12-14-33-22-34(15-13-11-2)24-35(23-33)39-32(9)30(7)31(8)38(39)25-40(36-18-26(3)16-27(4)19-36)37-20-28(5)17-29(6)21-37;;;;/h16-24,40H,10-15,25H2,1-9H3;3*1H;/q;;;;+3/p-3. The number of rotatable bonds is 11. The van der Waals surface area contributed by atoms with Crippen molar-refractivity contribution in [2.24, 2.45) is 0 Å². The first kappa shape index (κ1) is 41.0. The smallest absolute Gasteiger partial charge is 1.00 e. The minimum atomic E-state index is -1.57. The number of allylic oxidation sites excluding steroid dienone is 4. The van der Waals surface area contributed by atoms with Crippen LogP contribution in [0.4, 0.5) is 0 Å². The van der Waals surface area contributed by atoms with E-state index in [-0.39, 0.29) is 40.9 Å². The molecule has 1 aliphatic carbocycles. The second-order valence-corrected chi connectivity index (χ2v) is 17.2. The first-order valence-corrected chi connectivity index (χ1v) is 18.7. The van der Waals surface area contributed by atoms with Crippen LogP contribution in [0.3, 0.4) is 0 Å². The van der Waals surface area contributed by atoms with E-state index < -0.39 is 8.80 Å². The van der Waals surface area contributed by atoms with Gasteiger partial charge < -0.3 is 37.2 Å². The van der Waals surface area contributed by atoms with Crippen LogP contribution in [0.1, 0.15) is 99.2 Å². The van der Waals surface area contributed by atoms with Crippen LogP contribution in [0, 0.1) is 27.7 Å². The number of benzene rings is 3. The van der Waals surface area contributed by atoms with E-state index in [1.807, 2.05) is 0 Å². The maximum atomic E-state index is 2.58. The van der Waals surface area contributed by atoms with E-state index in [0.717, 1.165) is 0 Å². The molecule has 1 unspecified atom stereocenters. The number of hydrogen-bond donors (Lipinski definition) is 0. The van der Waals surface area contributed by atoms with Crippen molar-refractivity contribution in [1.29, 1.82) is 0 Å². The van der Waals surface area contributed by atoms with Gasteiger partial charge in [-0.25, -0.2) is 0 Å². The zero-order valence-corrected chi connectivity index (χ0v) is 33.3. The molecule has 236 valence electrons. The average molecular weight is 702 g/mol. The molecule has 0 N–H and O–H groups in total. The summed E-state index contributed by atoms with van der Waals surface area (Å²) in [5, 5.41) is 3.17. The van der Waals surface area contributed by atoms with Crippen LogP contribution >= 0.6 is 0 Å². The molecular formula is C39H51Cl3SiTi. The fourth-order valence-electron chi connectivity index (χ4n) is 7.13. The maximum Gasteiger partial charge on any atom is -1.00 e. The summed E-state index contributed by atoms with van der Waals surface area (Å²) in [6.45, 7) is 20.9. The monoisotopic (exact) mass is 700 g/mol. The normalized spacial score (nSPS) is 16.2. The molecule has 0 aliphatic heterocycles. The van der Waals surface area contributed by atoms with Crippen LogP contribution in [-0.4, -0.2) is 8.80 Å². The molecule has 0 aromatic heterocycles. The summed E-state index contributed by atoms with van der Waals surface area (Å²) in [4.78, 5) is 0. The minimum Gasteiger partial charge on any atom is -1.00 e. The van der Waals surface area contributed by atoms with Gasteiger partial charge in [-0.1, -0.05) is 0 Å². The molecule has 0 saturated heterocycles. The predicted octanol–water partition coefficient (Wildman–Crippen LogP) is 0.488. The average Bonchev–Trinajstić information content (AvgIpc) is 3.07. The molecule has 3 aromatic rings. The molecule has 5 heteroatoms. The van der Waals surface area contributed by atoms with Crippen LogP contribution in [0.2, 0.25) is 9.76 Å². The van der Waals surface area contributed by atoms with Crippen molar-refractivity contribution < 1.29 is 57.7 Å². The Morgan fingerprint density at radius 1 is 0.568 bits per heavy atom. The molecule has 1 aliphatic rings. The van der Waals surface area contributed by atoms with E-state index in [9.17, 15) is 0 Å². The van der Waals surface area contributed by atoms with Crippen LogP contribution in [0.15, 0.2) is 71.3 Å². The van der Waals surface area contributed by atoms with Crippen molar-refractivity contribution in [2.45, 2.75) is 111 Å². The van der Waals surface area contributed by atoms with Gasteiger partial charge in [0.05, 0.1) is 0 Å². The van der Waals surface area contributed by atoms with Crippen LogP contribution in [0.5, 0.6) is 0 Å². The Labute approximate surface area is 301 Å². The molecule has 0 amide bonds. The zero-order chi connectivity index (χ0) is 29.9. The molecule has 0 bridgehead atoms. The molecule has 0 nitrogen and oxygen atoms in total. The summed E-state index contributed by atoms with van der Waals surface area (Å²) in [5.41, 5.74) is 16.3. The molecule has 0 radical (unpaired) electrons. The summed E-state index contributed by atoms with van der Waals surface area (Å²) < 4.78 is 0.0196. The zero-order valence-electron chi connectivity index (χ0n) is 28.4. The second-order valence-electron chi connectivity index (χ2n) is 13.0. The number of halogens is 3. The molecule has 4 rings (SSSR count). The fourth-order valence-corrected chi connectivity index (χ4v) is 12.7. The van der Waals surface area contributed by atoms with Crippen LogP contribution in [-0.2, 0) is 33.3 Å². The van der Waals surface area contributed by atoms with Crippen LogP contribution < -0.4 is 47.6 Å². The Hall–Kier alpha value is -1.06. The quantitative estimate of drug-likeness (QED) is 0.256. The van der Waals surface area contributed by atoms with Crippen molar-refractivity contribution in [2.75, 3.05) is 0 Å². The third kappa shape index (κ3) is 9.27. The summed E-state index contributed by atoms with van der Waals surface area (Å²) in [6.07, 6.45) is 7.37. The number of hydrogen-bond acceptors (Lipinski definition) is 0. The molecule has 0 heterocycles. The maximum absolute atomic E-state index is 2.58. The van der Waals surface area contributed by atoms with E-state index in [1.165, 1.54) is 94.7 Å². The number of unbranched alkanes of at least 4 members (excludes halogenated alkanes) is 2. The van der Waals surface area contributed by atoms with Gasteiger partial charge in [-0.05, 0) is 0 Å². The molecule has 0 saturated carbocycles. The van der Waals surface area contributed by atoms with Gasteiger partial charge in [-0.2, -0.15) is 0 Å². The van der Waals surface area contributed by atoms with Gasteiger partial charge in [0, 0.05) is 0 Å². The first-order chi connectivity index (χ1) is 19.5. The van der Waals surface area contributed by atoms with E-state index in [2.05, 4.69) is 137 Å². The Kier molecular flexibility index (Phi) is 16.5. The summed E-state index contributed by atoms with van der Waals surface area (Å²) in [5.74, 6) is 0. The molecule has 3 aromatic carbocycles. The van der Waals surface area contributed by atoms with E-state index in [1.54, 1.807) is 21.5 Å². The van der Waals surface area contributed by atoms with Gasteiger partial charge in [0.1, 0.15) is 0 Å². The van der Waals surface area contributed by atoms with Crippen molar-refractivity contribution in [3.8, 4) is 0 Å². The van der Waals surface area contributed by atoms with Crippen molar-refractivity contribution >= 4 is 24.7 Å². The largest absolute Gasteiger partial charge is 1.00 e. The number of aryl methyl sites for hydroxylation is 6. The van der Waals surface area contributed by atoms with Crippen molar-refractivity contribution in [1.82, 2.24) is 0 Å². The predicted molar refractivity (Wildman–Crippen MR) is 180 cm³/mol. The third-order valence-corrected chi connectivity index (χ3v) is 14.6. The van der Waals surface area contributed by atoms with Gasteiger partial charge >= 0.3 is 266 Å². The summed E-state index contributed by atoms with van der Waals surface area (Å²) in [6, 6.07) is 23.5. The molecule has 44 heavy (non-hydrogen) atoms. The third-order valence-electron chi connectivity index (χ3n) is 9.35. The Morgan fingerprint density at radius 2 is 0.977 bits per heavy atom. The van der Waals surface area contributed by atoms with E-state index in [4.69, 9.17) is 0 Å². The van der Waals surface area contributed by atoms with Gasteiger partial charge in [0.25, 0.3) is 0 Å². The topological polar surface area (TPSA) is 0 Å². The van der Waals surface area contributed by atoms with Gasteiger partial charge in [0.2, 0.25) is 0 Å². The fraction of sp³-hybridized carbons (Fsp3) is 0.436. The van der Waals surface area contributed by atoms with Gasteiger partial charge in [0.15, 0.2) is 0 Å². The summed E-state index contributed by atoms with van der Waals surface area (Å²) >= 11 is 2.58. The Balaban J connectivity index is 0.00000323. The Bertz CT molecular complexity index is 1370. The van der Waals surface area contributed by atoms with Crippen molar-refractivity contribution in [3.63, 3.8) is 0 Å². The van der Waals surface area contributed by atoms with Gasteiger partial charge in [-0.3, -0.25) is 0 Å². The molecule has 1 atom stereocenters. The Morgan fingerprint density at radius 3 is 1.36 bits per heavy atom. The molecule has 0 spiro atoms. The van der Waals surface area contributed by atoms with Crippen LogP contribution in [0.25, 0.3) is 5.57 Å². The van der Waals surface area contributed by atoms with Gasteiger partial charge in [-0.15, -0.1) is 0 Å². The van der Waals surface area contributed by atoms with Crippen molar-refractivity contribution in [3.05, 3.63) is 110 Å². The summed E-state index contributed by atoms with van der Waals surface area (Å²) in [7, 11) is -1.57. The minimum absolute atomic E-state index is 0. The molecule has 0 fully saturated rings. The first-order valence-electron chi connectivity index (χ1n) is 15.9. The second kappa shape index (κ2) is 17.7.